The molecule has 0 aromatic heterocycles. The second-order valence-electron chi connectivity index (χ2n) is 4.07. The molecule has 0 saturated carbocycles. The highest BCUT2D eigenvalue weighted by atomic mass is 19.4. The number of alkyl halides is 5. The van der Waals surface area contributed by atoms with Crippen LogP contribution in [0.4, 0.5) is 22.0 Å². The molecule has 0 aromatic rings. The van der Waals surface area contributed by atoms with Gasteiger partial charge in [-0.25, -0.2) is 4.79 Å². The van der Waals surface area contributed by atoms with Gasteiger partial charge in [0.1, 0.15) is 0 Å². The van der Waals surface area contributed by atoms with Crippen LogP contribution in [0.2, 0.25) is 0 Å². The molecule has 0 aliphatic carbocycles. The van der Waals surface area contributed by atoms with Crippen molar-refractivity contribution in [2.75, 3.05) is 0 Å². The van der Waals surface area contributed by atoms with Crippen LogP contribution in [0.1, 0.15) is 20.8 Å². The summed E-state index contributed by atoms with van der Waals surface area (Å²) in [5, 5.41) is 8.33. The first-order valence-electron chi connectivity index (χ1n) is 4.14. The zero-order valence-electron chi connectivity index (χ0n) is 8.73. The molecule has 1 unspecified atom stereocenters. The number of carboxylic acid groups (broad SMARTS) is 1. The number of carbonyl (C=O) groups is 1. The SMILES string of the molecule is CC(C)(C)OC(C(=O)O)C(F)(F)C(F)(F)F. The first kappa shape index (κ1) is 15.1. The van der Waals surface area contributed by atoms with E-state index in [2.05, 4.69) is 4.74 Å². The van der Waals surface area contributed by atoms with Crippen LogP contribution >= 0.6 is 0 Å². The molecule has 0 rings (SSSR count). The Morgan fingerprint density at radius 2 is 1.50 bits per heavy atom. The average molecular weight is 250 g/mol. The summed E-state index contributed by atoms with van der Waals surface area (Å²) in [6, 6.07) is 0. The lowest BCUT2D eigenvalue weighted by Crippen LogP contribution is -2.54. The minimum Gasteiger partial charge on any atom is -0.479 e. The molecular formula is C8H11F5O3. The molecule has 1 atom stereocenters. The van der Waals surface area contributed by atoms with Gasteiger partial charge in [0.25, 0.3) is 0 Å². The van der Waals surface area contributed by atoms with E-state index in [1.165, 1.54) is 20.8 Å². The van der Waals surface area contributed by atoms with Crippen LogP contribution in [0.5, 0.6) is 0 Å². The van der Waals surface area contributed by atoms with Gasteiger partial charge in [0.15, 0.2) is 0 Å². The molecule has 3 nitrogen and oxygen atoms in total. The van der Waals surface area contributed by atoms with E-state index < -0.39 is 29.8 Å². The van der Waals surface area contributed by atoms with Crippen molar-refractivity contribution in [1.82, 2.24) is 0 Å². The molecule has 0 amide bonds. The van der Waals surface area contributed by atoms with Crippen LogP contribution in [0.25, 0.3) is 0 Å². The third kappa shape index (κ3) is 3.58. The molecule has 0 bridgehead atoms. The minimum atomic E-state index is -5.97. The Kier molecular flexibility index (Phi) is 3.92. The molecular weight excluding hydrogens is 239 g/mol. The Hall–Kier alpha value is -0.920. The lowest BCUT2D eigenvalue weighted by molar-refractivity contribution is -0.324. The van der Waals surface area contributed by atoms with Gasteiger partial charge in [0.2, 0.25) is 6.10 Å². The topological polar surface area (TPSA) is 46.5 Å². The quantitative estimate of drug-likeness (QED) is 0.782. The zero-order valence-corrected chi connectivity index (χ0v) is 8.73. The summed E-state index contributed by atoms with van der Waals surface area (Å²) >= 11 is 0. The summed E-state index contributed by atoms with van der Waals surface area (Å²) in [6.45, 7) is 3.53. The minimum absolute atomic E-state index is 1.18. The van der Waals surface area contributed by atoms with Gasteiger partial charge in [-0.05, 0) is 20.8 Å². The zero-order chi connectivity index (χ0) is 13.4. The monoisotopic (exact) mass is 250 g/mol. The summed E-state index contributed by atoms with van der Waals surface area (Å²) in [5.41, 5.74) is -1.43. The van der Waals surface area contributed by atoms with E-state index in [-0.39, 0.29) is 0 Å². The van der Waals surface area contributed by atoms with Crippen LogP contribution in [0, 0.1) is 0 Å². The number of rotatable bonds is 3. The maximum Gasteiger partial charge on any atom is 0.456 e. The fourth-order valence-electron chi connectivity index (χ4n) is 0.782. The molecule has 0 aliphatic rings. The largest absolute Gasteiger partial charge is 0.479 e. The molecule has 96 valence electrons. The Bertz CT molecular complexity index is 266. The van der Waals surface area contributed by atoms with Crippen LogP contribution in [-0.2, 0) is 9.53 Å². The van der Waals surface area contributed by atoms with Crippen LogP contribution in [-0.4, -0.2) is 34.9 Å². The Morgan fingerprint density at radius 1 is 1.12 bits per heavy atom. The van der Waals surface area contributed by atoms with E-state index in [0.29, 0.717) is 0 Å². The van der Waals surface area contributed by atoms with E-state index in [0.717, 1.165) is 0 Å². The number of halogens is 5. The predicted octanol–water partition coefficient (Wildman–Crippen LogP) is 2.45. The van der Waals surface area contributed by atoms with Gasteiger partial charge in [0, 0.05) is 0 Å². The lowest BCUT2D eigenvalue weighted by Gasteiger charge is -2.31. The van der Waals surface area contributed by atoms with Crippen molar-refractivity contribution >= 4 is 5.97 Å². The predicted molar refractivity (Wildman–Crippen MR) is 43.3 cm³/mol. The van der Waals surface area contributed by atoms with Crippen molar-refractivity contribution in [1.29, 1.82) is 0 Å². The summed E-state index contributed by atoms with van der Waals surface area (Å²) in [5.74, 6) is -7.80. The van der Waals surface area contributed by atoms with Crippen LogP contribution in [0.15, 0.2) is 0 Å². The normalized spacial score (nSPS) is 16.0. The second kappa shape index (κ2) is 4.15. The summed E-state index contributed by atoms with van der Waals surface area (Å²) in [4.78, 5) is 10.4. The first-order chi connectivity index (χ1) is 6.79. The van der Waals surface area contributed by atoms with Gasteiger partial charge in [-0.3, -0.25) is 0 Å². The highest BCUT2D eigenvalue weighted by Crippen LogP contribution is 2.40. The molecule has 0 aliphatic heterocycles. The highest BCUT2D eigenvalue weighted by molar-refractivity contribution is 5.74. The molecule has 0 heterocycles. The summed E-state index contributed by atoms with van der Waals surface area (Å²) in [6.07, 6.45) is -9.23. The highest BCUT2D eigenvalue weighted by Gasteiger charge is 2.66. The maximum absolute atomic E-state index is 12.7. The molecule has 8 heteroatoms. The van der Waals surface area contributed by atoms with Crippen molar-refractivity contribution < 1.29 is 36.6 Å². The number of hydrogen-bond donors (Lipinski definition) is 1. The number of aliphatic carboxylic acids is 1. The van der Waals surface area contributed by atoms with E-state index in [1.54, 1.807) is 0 Å². The van der Waals surface area contributed by atoms with E-state index in [9.17, 15) is 26.7 Å². The van der Waals surface area contributed by atoms with Crippen LogP contribution in [0.3, 0.4) is 0 Å². The van der Waals surface area contributed by atoms with Gasteiger partial charge >= 0.3 is 18.1 Å². The van der Waals surface area contributed by atoms with Crippen molar-refractivity contribution in [3.8, 4) is 0 Å². The van der Waals surface area contributed by atoms with Gasteiger partial charge in [-0.2, -0.15) is 22.0 Å². The lowest BCUT2D eigenvalue weighted by atomic mass is 10.1. The Balaban J connectivity index is 5.16. The smallest absolute Gasteiger partial charge is 0.456 e. The Morgan fingerprint density at radius 3 is 1.69 bits per heavy atom. The Labute approximate surface area is 88.2 Å². The molecule has 1 N–H and O–H groups in total. The van der Waals surface area contributed by atoms with Crippen molar-refractivity contribution in [2.24, 2.45) is 0 Å². The van der Waals surface area contributed by atoms with Gasteiger partial charge < -0.3 is 9.84 Å². The van der Waals surface area contributed by atoms with E-state index in [4.69, 9.17) is 5.11 Å². The first-order valence-corrected chi connectivity index (χ1v) is 4.14. The maximum atomic E-state index is 12.7. The van der Waals surface area contributed by atoms with E-state index >= 15 is 0 Å². The second-order valence-corrected chi connectivity index (χ2v) is 4.07. The van der Waals surface area contributed by atoms with E-state index in [1.807, 2.05) is 0 Å². The van der Waals surface area contributed by atoms with Crippen molar-refractivity contribution in [3.05, 3.63) is 0 Å². The number of ether oxygens (including phenoxy) is 1. The van der Waals surface area contributed by atoms with Crippen LogP contribution < -0.4 is 0 Å². The molecule has 0 saturated heterocycles. The standard InChI is InChI=1S/C8H11F5O3/c1-6(2,3)16-4(5(14)15)7(9,10)8(11,12)13/h4H,1-3H3,(H,14,15). The van der Waals surface area contributed by atoms with Gasteiger partial charge in [-0.1, -0.05) is 0 Å². The molecule has 16 heavy (non-hydrogen) atoms. The summed E-state index contributed by atoms with van der Waals surface area (Å²) < 4.78 is 65.5. The fourth-order valence-corrected chi connectivity index (χ4v) is 0.782. The summed E-state index contributed by atoms with van der Waals surface area (Å²) in [7, 11) is 0. The molecule has 0 spiro atoms. The molecule has 0 aromatic carbocycles. The molecule has 0 fully saturated rings. The van der Waals surface area contributed by atoms with Gasteiger partial charge in [0.05, 0.1) is 5.60 Å². The fraction of sp³-hybridized carbons (Fsp3) is 0.875. The number of hydrogen-bond acceptors (Lipinski definition) is 2. The third-order valence-electron chi connectivity index (χ3n) is 1.40. The third-order valence-corrected chi connectivity index (χ3v) is 1.40. The van der Waals surface area contributed by atoms with Gasteiger partial charge in [-0.15, -0.1) is 0 Å². The van der Waals surface area contributed by atoms with Crippen molar-refractivity contribution in [2.45, 2.75) is 44.6 Å². The van der Waals surface area contributed by atoms with Crippen molar-refractivity contribution in [3.63, 3.8) is 0 Å². The molecule has 0 radical (unpaired) electrons. The number of carboxylic acids is 1. The average Bonchev–Trinajstić information content (AvgIpc) is 1.95.